The number of carbonyl (C=O) groups excluding carboxylic acids is 2. The predicted molar refractivity (Wildman–Crippen MR) is 68.4 cm³/mol. The molecule has 2 atom stereocenters. The third kappa shape index (κ3) is 1.78. The van der Waals surface area contributed by atoms with Crippen molar-refractivity contribution in [2.45, 2.75) is 26.1 Å². The van der Waals surface area contributed by atoms with Crippen LogP contribution in [0.4, 0.5) is 0 Å². The van der Waals surface area contributed by atoms with Crippen molar-refractivity contribution in [1.29, 1.82) is 0 Å². The van der Waals surface area contributed by atoms with Crippen molar-refractivity contribution in [1.82, 2.24) is 0 Å². The van der Waals surface area contributed by atoms with Crippen LogP contribution >= 0.6 is 11.6 Å². The Hall–Kier alpha value is -1.19. The first kappa shape index (κ1) is 13.2. The van der Waals surface area contributed by atoms with Crippen molar-refractivity contribution in [2.24, 2.45) is 11.3 Å². The van der Waals surface area contributed by atoms with Crippen LogP contribution in [0.25, 0.3) is 0 Å². The normalized spacial score (nSPS) is 28.7. The van der Waals surface area contributed by atoms with Gasteiger partial charge in [-0.05, 0) is 11.6 Å². The summed E-state index contributed by atoms with van der Waals surface area (Å²) in [4.78, 5) is 22.2. The zero-order valence-electron chi connectivity index (χ0n) is 10.4. The lowest BCUT2D eigenvalue weighted by atomic mass is 10.1. The maximum atomic E-state index is 11.3. The summed E-state index contributed by atoms with van der Waals surface area (Å²) in [5.41, 5.74) is -0.640. The van der Waals surface area contributed by atoms with Crippen molar-refractivity contribution in [2.75, 3.05) is 0 Å². The Morgan fingerprint density at radius 3 is 2.50 bits per heavy atom. The van der Waals surface area contributed by atoms with Gasteiger partial charge in [0.15, 0.2) is 6.29 Å². The van der Waals surface area contributed by atoms with Gasteiger partial charge in [-0.25, -0.2) is 0 Å². The maximum absolute atomic E-state index is 11.3. The third-order valence-corrected chi connectivity index (χ3v) is 4.27. The molecule has 0 heterocycles. The molecule has 0 spiro atoms. The molecule has 0 radical (unpaired) electrons. The topological polar surface area (TPSA) is 43.4 Å². The van der Waals surface area contributed by atoms with Crippen molar-refractivity contribution in [3.63, 3.8) is 0 Å². The van der Waals surface area contributed by atoms with Gasteiger partial charge in [-0.2, -0.15) is 0 Å². The molecule has 4 heteroatoms. The molecule has 0 amide bonds. The minimum atomic E-state index is -1.01. The minimum Gasteiger partial charge on any atom is -0.361 e. The van der Waals surface area contributed by atoms with Crippen LogP contribution in [0.1, 0.15) is 19.4 Å². The van der Waals surface area contributed by atoms with E-state index in [-0.39, 0.29) is 12.5 Å². The molecule has 0 aliphatic heterocycles. The van der Waals surface area contributed by atoms with Crippen LogP contribution in [0.5, 0.6) is 0 Å². The Morgan fingerprint density at radius 1 is 1.33 bits per heavy atom. The molecular formula is C14H15ClO3. The molecule has 0 bridgehead atoms. The number of ether oxygens (including phenoxy) is 1. The molecule has 1 fully saturated rings. The summed E-state index contributed by atoms with van der Waals surface area (Å²) in [6.07, 6.45) is 1.53. The standard InChI is InChI=1S/C14H15ClO3/c1-13(2)12(7-16)14(13,9-17)18-8-10-5-3-4-6-11(10)15/h3-7,9,12H,8H2,1-2H3. The van der Waals surface area contributed by atoms with Gasteiger partial charge in [0.2, 0.25) is 0 Å². The highest BCUT2D eigenvalue weighted by Gasteiger charge is 2.73. The second kappa shape index (κ2) is 4.48. The monoisotopic (exact) mass is 266 g/mol. The van der Waals surface area contributed by atoms with Gasteiger partial charge in [0.05, 0.1) is 12.5 Å². The van der Waals surface area contributed by atoms with Crippen molar-refractivity contribution in [3.8, 4) is 0 Å². The van der Waals surface area contributed by atoms with Gasteiger partial charge in [0.1, 0.15) is 11.9 Å². The molecule has 1 aliphatic rings. The number of hydrogen-bond donors (Lipinski definition) is 0. The molecule has 96 valence electrons. The lowest BCUT2D eigenvalue weighted by Crippen LogP contribution is -2.24. The summed E-state index contributed by atoms with van der Waals surface area (Å²) in [6, 6.07) is 7.29. The number of hydrogen-bond acceptors (Lipinski definition) is 3. The van der Waals surface area contributed by atoms with E-state index in [0.29, 0.717) is 5.02 Å². The Kier molecular flexibility index (Phi) is 3.30. The van der Waals surface area contributed by atoms with E-state index < -0.39 is 11.0 Å². The van der Waals surface area contributed by atoms with E-state index in [0.717, 1.165) is 18.1 Å². The highest BCUT2D eigenvalue weighted by molar-refractivity contribution is 6.31. The summed E-state index contributed by atoms with van der Waals surface area (Å²) in [7, 11) is 0. The first-order chi connectivity index (χ1) is 8.49. The molecule has 2 unspecified atom stereocenters. The minimum absolute atomic E-state index is 0.228. The van der Waals surface area contributed by atoms with Crippen LogP contribution in [-0.4, -0.2) is 18.2 Å². The van der Waals surface area contributed by atoms with E-state index in [2.05, 4.69) is 0 Å². The second-order valence-electron chi connectivity index (χ2n) is 5.13. The Balaban J connectivity index is 2.13. The zero-order chi connectivity index (χ0) is 13.4. The molecule has 1 aromatic rings. The van der Waals surface area contributed by atoms with Crippen molar-refractivity contribution in [3.05, 3.63) is 34.9 Å². The Morgan fingerprint density at radius 2 is 2.00 bits per heavy atom. The maximum Gasteiger partial charge on any atom is 0.153 e. The smallest absolute Gasteiger partial charge is 0.153 e. The highest BCUT2D eigenvalue weighted by atomic mass is 35.5. The molecule has 2 rings (SSSR count). The molecule has 1 saturated carbocycles. The molecular weight excluding hydrogens is 252 g/mol. The van der Waals surface area contributed by atoms with Crippen LogP contribution in [-0.2, 0) is 20.9 Å². The molecule has 0 aromatic heterocycles. The highest BCUT2D eigenvalue weighted by Crippen LogP contribution is 2.62. The van der Waals surface area contributed by atoms with E-state index in [1.807, 2.05) is 32.0 Å². The van der Waals surface area contributed by atoms with Crippen molar-refractivity contribution >= 4 is 24.2 Å². The van der Waals surface area contributed by atoms with E-state index in [1.165, 1.54) is 0 Å². The van der Waals surface area contributed by atoms with E-state index in [9.17, 15) is 9.59 Å². The fourth-order valence-corrected chi connectivity index (χ4v) is 2.61. The first-order valence-corrected chi connectivity index (χ1v) is 6.16. The second-order valence-corrected chi connectivity index (χ2v) is 5.53. The molecule has 18 heavy (non-hydrogen) atoms. The van der Waals surface area contributed by atoms with Gasteiger partial charge >= 0.3 is 0 Å². The third-order valence-electron chi connectivity index (χ3n) is 3.90. The van der Waals surface area contributed by atoms with Gasteiger partial charge in [-0.15, -0.1) is 0 Å². The fourth-order valence-electron chi connectivity index (χ4n) is 2.42. The zero-order valence-corrected chi connectivity index (χ0v) is 11.1. The van der Waals surface area contributed by atoms with Crippen molar-refractivity contribution < 1.29 is 14.3 Å². The van der Waals surface area contributed by atoms with Crippen LogP contribution in [0.3, 0.4) is 0 Å². The van der Waals surface area contributed by atoms with Crippen LogP contribution < -0.4 is 0 Å². The largest absolute Gasteiger partial charge is 0.361 e. The molecule has 1 aliphatic carbocycles. The summed E-state index contributed by atoms with van der Waals surface area (Å²) in [5, 5.41) is 0.597. The quantitative estimate of drug-likeness (QED) is 0.770. The lowest BCUT2D eigenvalue weighted by Gasteiger charge is -2.15. The van der Waals surface area contributed by atoms with E-state index >= 15 is 0 Å². The number of carbonyl (C=O) groups is 2. The fraction of sp³-hybridized carbons (Fsp3) is 0.429. The number of benzene rings is 1. The molecule has 3 nitrogen and oxygen atoms in total. The summed E-state index contributed by atoms with van der Waals surface area (Å²) in [6.45, 7) is 3.94. The van der Waals surface area contributed by atoms with Crippen LogP contribution in [0.15, 0.2) is 24.3 Å². The van der Waals surface area contributed by atoms with E-state index in [1.54, 1.807) is 6.07 Å². The van der Waals surface area contributed by atoms with Gasteiger partial charge in [-0.1, -0.05) is 43.6 Å². The van der Waals surface area contributed by atoms with Gasteiger partial charge < -0.3 is 14.3 Å². The summed E-state index contributed by atoms with van der Waals surface area (Å²) < 4.78 is 5.69. The van der Waals surface area contributed by atoms with E-state index in [4.69, 9.17) is 16.3 Å². The van der Waals surface area contributed by atoms with Crippen LogP contribution in [0.2, 0.25) is 5.02 Å². The summed E-state index contributed by atoms with van der Waals surface area (Å²) in [5.74, 6) is -0.384. The molecule has 0 saturated heterocycles. The predicted octanol–water partition coefficient (Wildman–Crippen LogP) is 2.65. The number of halogens is 1. The Bertz CT molecular complexity index is 484. The summed E-state index contributed by atoms with van der Waals surface area (Å²) >= 11 is 6.02. The molecule has 1 aromatic carbocycles. The Labute approximate surface area is 111 Å². The SMILES string of the molecule is CC1(C)C(C=O)C1(C=O)OCc1ccccc1Cl. The average Bonchev–Trinajstić information content (AvgIpc) is 2.83. The first-order valence-electron chi connectivity index (χ1n) is 5.78. The number of rotatable bonds is 5. The van der Waals surface area contributed by atoms with Gasteiger partial charge in [0.25, 0.3) is 0 Å². The van der Waals surface area contributed by atoms with Gasteiger partial charge in [0, 0.05) is 10.4 Å². The lowest BCUT2D eigenvalue weighted by molar-refractivity contribution is -0.127. The van der Waals surface area contributed by atoms with Crippen LogP contribution in [0, 0.1) is 11.3 Å². The number of aldehydes is 2. The average molecular weight is 267 g/mol. The molecule has 0 N–H and O–H groups in total. The van der Waals surface area contributed by atoms with Gasteiger partial charge in [-0.3, -0.25) is 0 Å².